The number of hydrogen-bond donors (Lipinski definition) is 1. The number of hydrogen-bond acceptors (Lipinski definition) is 6. The summed E-state index contributed by atoms with van der Waals surface area (Å²) in [5.74, 6) is 0.785. The second-order valence-corrected chi connectivity index (χ2v) is 10.7. The zero-order valence-electron chi connectivity index (χ0n) is 19.2. The SMILES string of the molecule is COc1ccc(C(CNCC(=O)c2ccc(S(=O)(=O)N3CCCC3)cc2)N2CCCC2)cc1. The predicted molar refractivity (Wildman–Crippen MR) is 128 cm³/mol. The van der Waals surface area contributed by atoms with Crippen LogP contribution in [-0.4, -0.2) is 69.8 Å². The Morgan fingerprint density at radius 2 is 1.55 bits per heavy atom. The van der Waals surface area contributed by atoms with Crippen LogP contribution in [0.5, 0.6) is 5.75 Å². The van der Waals surface area contributed by atoms with E-state index in [0.29, 0.717) is 25.2 Å². The number of benzene rings is 2. The Morgan fingerprint density at radius 1 is 0.939 bits per heavy atom. The van der Waals surface area contributed by atoms with Crippen molar-refractivity contribution in [2.75, 3.05) is 46.4 Å². The fourth-order valence-corrected chi connectivity index (χ4v) is 6.17. The third kappa shape index (κ3) is 5.63. The summed E-state index contributed by atoms with van der Waals surface area (Å²) in [5.41, 5.74) is 1.72. The lowest BCUT2D eigenvalue weighted by atomic mass is 10.0. The van der Waals surface area contributed by atoms with Crippen LogP contribution in [0.4, 0.5) is 0 Å². The van der Waals surface area contributed by atoms with Crippen LogP contribution < -0.4 is 10.1 Å². The number of nitrogens with one attached hydrogen (secondary N) is 1. The summed E-state index contributed by atoms with van der Waals surface area (Å²) in [5, 5.41) is 3.33. The molecule has 2 aromatic carbocycles. The van der Waals surface area contributed by atoms with Gasteiger partial charge in [0, 0.05) is 31.2 Å². The molecule has 1 N–H and O–H groups in total. The Hall–Kier alpha value is -2.26. The van der Waals surface area contributed by atoms with Crippen LogP contribution in [0.15, 0.2) is 53.4 Å². The lowest BCUT2D eigenvalue weighted by Crippen LogP contribution is -2.36. The molecule has 2 aliphatic heterocycles. The summed E-state index contributed by atoms with van der Waals surface area (Å²) in [6.07, 6.45) is 4.18. The molecule has 2 aliphatic rings. The third-order valence-electron chi connectivity index (χ3n) is 6.58. The molecular formula is C25H33N3O4S. The fraction of sp³-hybridized carbons (Fsp3) is 0.480. The average Bonchev–Trinajstić information content (AvgIpc) is 3.57. The maximum Gasteiger partial charge on any atom is 0.243 e. The average molecular weight is 472 g/mol. The molecule has 0 radical (unpaired) electrons. The second kappa shape index (κ2) is 10.8. The summed E-state index contributed by atoms with van der Waals surface area (Å²) in [6, 6.07) is 14.6. The molecule has 4 rings (SSSR count). The van der Waals surface area contributed by atoms with Crippen molar-refractivity contribution in [2.24, 2.45) is 0 Å². The minimum absolute atomic E-state index is 0.0463. The molecule has 178 valence electrons. The highest BCUT2D eigenvalue weighted by Gasteiger charge is 2.27. The van der Waals surface area contributed by atoms with Crippen LogP contribution in [0.3, 0.4) is 0 Å². The van der Waals surface area contributed by atoms with Crippen LogP contribution in [0.2, 0.25) is 0 Å². The van der Waals surface area contributed by atoms with Gasteiger partial charge in [-0.2, -0.15) is 4.31 Å². The number of sulfonamides is 1. The number of carbonyl (C=O) groups excluding carboxylic acids is 1. The van der Waals surface area contributed by atoms with E-state index in [1.807, 2.05) is 12.1 Å². The normalized spacial score (nSPS) is 18.5. The van der Waals surface area contributed by atoms with E-state index < -0.39 is 10.0 Å². The lowest BCUT2D eigenvalue weighted by molar-refractivity contribution is 0.0987. The van der Waals surface area contributed by atoms with Crippen LogP contribution in [-0.2, 0) is 10.0 Å². The van der Waals surface area contributed by atoms with Crippen LogP contribution in [0, 0.1) is 0 Å². The number of carbonyl (C=O) groups is 1. The van der Waals surface area contributed by atoms with Gasteiger partial charge in [-0.3, -0.25) is 9.69 Å². The van der Waals surface area contributed by atoms with Crippen molar-refractivity contribution in [1.82, 2.24) is 14.5 Å². The maximum absolute atomic E-state index is 12.7. The minimum atomic E-state index is -3.46. The molecule has 0 aliphatic carbocycles. The maximum atomic E-state index is 12.7. The molecule has 8 heteroatoms. The fourth-order valence-electron chi connectivity index (χ4n) is 4.65. The van der Waals surface area contributed by atoms with Crippen molar-refractivity contribution in [2.45, 2.75) is 36.6 Å². The number of likely N-dealkylation sites (tertiary alicyclic amines) is 1. The third-order valence-corrected chi connectivity index (χ3v) is 8.50. The Labute approximate surface area is 196 Å². The van der Waals surface area contributed by atoms with Crippen molar-refractivity contribution < 1.29 is 17.9 Å². The Morgan fingerprint density at radius 3 is 2.15 bits per heavy atom. The van der Waals surface area contributed by atoms with Gasteiger partial charge < -0.3 is 10.1 Å². The summed E-state index contributed by atoms with van der Waals surface area (Å²) in [4.78, 5) is 15.4. The van der Waals surface area contributed by atoms with E-state index in [9.17, 15) is 13.2 Å². The summed E-state index contributed by atoms with van der Waals surface area (Å²) >= 11 is 0. The summed E-state index contributed by atoms with van der Waals surface area (Å²) in [6.45, 7) is 4.12. The van der Waals surface area contributed by atoms with Gasteiger partial charge in [-0.25, -0.2) is 8.42 Å². The number of Topliss-reactive ketones (excluding diaryl/α,β-unsaturated/α-hetero) is 1. The van der Waals surface area contributed by atoms with E-state index in [4.69, 9.17) is 4.74 Å². The van der Waals surface area contributed by atoms with E-state index in [0.717, 1.165) is 31.7 Å². The van der Waals surface area contributed by atoms with Crippen molar-refractivity contribution in [1.29, 1.82) is 0 Å². The molecule has 0 amide bonds. The van der Waals surface area contributed by atoms with Gasteiger partial charge in [0.15, 0.2) is 5.78 Å². The van der Waals surface area contributed by atoms with Gasteiger partial charge in [-0.05, 0) is 68.6 Å². The van der Waals surface area contributed by atoms with Gasteiger partial charge in [0.2, 0.25) is 10.0 Å². The molecule has 1 unspecified atom stereocenters. The monoisotopic (exact) mass is 471 g/mol. The molecule has 2 heterocycles. The highest BCUT2D eigenvalue weighted by atomic mass is 32.2. The molecule has 2 aromatic rings. The quantitative estimate of drug-likeness (QED) is 0.537. The van der Waals surface area contributed by atoms with Gasteiger partial charge in [0.1, 0.15) is 5.75 Å². The predicted octanol–water partition coefficient (Wildman–Crippen LogP) is 3.09. The van der Waals surface area contributed by atoms with Crippen molar-refractivity contribution in [3.8, 4) is 5.75 Å². The first-order chi connectivity index (χ1) is 16.0. The van der Waals surface area contributed by atoms with Gasteiger partial charge in [-0.15, -0.1) is 0 Å². The van der Waals surface area contributed by atoms with Crippen molar-refractivity contribution in [3.63, 3.8) is 0 Å². The van der Waals surface area contributed by atoms with E-state index in [1.54, 1.807) is 31.4 Å². The number of ether oxygens (including phenoxy) is 1. The first-order valence-corrected chi connectivity index (χ1v) is 13.2. The highest BCUT2D eigenvalue weighted by Crippen LogP contribution is 2.26. The molecule has 33 heavy (non-hydrogen) atoms. The standard InChI is InChI=1S/C25H33N3O4S/c1-32-22-10-6-20(7-11-22)24(27-14-2-3-15-27)18-26-19-25(29)21-8-12-23(13-9-21)33(30,31)28-16-4-5-17-28/h6-13,24,26H,2-5,14-19H2,1H3. The number of rotatable bonds is 10. The number of nitrogens with zero attached hydrogens (tertiary/aromatic N) is 2. The van der Waals surface area contributed by atoms with Gasteiger partial charge in [0.25, 0.3) is 0 Å². The smallest absolute Gasteiger partial charge is 0.243 e. The molecule has 7 nitrogen and oxygen atoms in total. The van der Waals surface area contributed by atoms with Crippen LogP contribution in [0.25, 0.3) is 0 Å². The molecule has 2 fully saturated rings. The van der Waals surface area contributed by atoms with Gasteiger partial charge in [-0.1, -0.05) is 24.3 Å². The first kappa shape index (κ1) is 23.9. The van der Waals surface area contributed by atoms with Crippen molar-refractivity contribution >= 4 is 15.8 Å². The molecule has 0 saturated carbocycles. The minimum Gasteiger partial charge on any atom is -0.497 e. The molecule has 2 saturated heterocycles. The van der Waals surface area contributed by atoms with Crippen LogP contribution >= 0.6 is 0 Å². The zero-order valence-corrected chi connectivity index (χ0v) is 20.0. The van der Waals surface area contributed by atoms with E-state index in [2.05, 4.69) is 22.3 Å². The molecule has 1 atom stereocenters. The number of methoxy groups -OCH3 is 1. The largest absolute Gasteiger partial charge is 0.497 e. The second-order valence-electron chi connectivity index (χ2n) is 8.72. The van der Waals surface area contributed by atoms with E-state index in [-0.39, 0.29) is 23.3 Å². The van der Waals surface area contributed by atoms with Gasteiger partial charge >= 0.3 is 0 Å². The zero-order chi connectivity index (χ0) is 23.3. The first-order valence-electron chi connectivity index (χ1n) is 11.7. The molecular weight excluding hydrogens is 438 g/mol. The highest BCUT2D eigenvalue weighted by molar-refractivity contribution is 7.89. The summed E-state index contributed by atoms with van der Waals surface area (Å²) in [7, 11) is -1.80. The lowest BCUT2D eigenvalue weighted by Gasteiger charge is -2.28. The van der Waals surface area contributed by atoms with Crippen molar-refractivity contribution in [3.05, 3.63) is 59.7 Å². The Bertz CT molecular complexity index is 1030. The number of ketones is 1. The summed E-state index contributed by atoms with van der Waals surface area (Å²) < 4.78 is 32.2. The van der Waals surface area contributed by atoms with Crippen LogP contribution in [0.1, 0.15) is 47.6 Å². The molecule has 0 spiro atoms. The Balaban J connectivity index is 1.36. The molecule has 0 aromatic heterocycles. The molecule has 0 bridgehead atoms. The topological polar surface area (TPSA) is 78.9 Å². The Kier molecular flexibility index (Phi) is 7.80. The van der Waals surface area contributed by atoms with Gasteiger partial charge in [0.05, 0.1) is 18.6 Å². The van der Waals surface area contributed by atoms with E-state index in [1.165, 1.54) is 22.7 Å². The van der Waals surface area contributed by atoms with E-state index >= 15 is 0 Å².